The molecule has 2 amide bonds. The molecule has 0 spiro atoms. The van der Waals surface area contributed by atoms with Crippen LogP contribution in [0.4, 0.5) is 4.79 Å². The molecule has 2 aromatic rings. The van der Waals surface area contributed by atoms with E-state index in [9.17, 15) is 4.79 Å². The topological polar surface area (TPSA) is 75.1 Å². The molecule has 28 heavy (non-hydrogen) atoms. The fourth-order valence-corrected chi connectivity index (χ4v) is 3.83. The quantitative estimate of drug-likeness (QED) is 0.722. The monoisotopic (exact) mass is 382 g/mol. The Hall–Kier alpha value is -2.41. The van der Waals surface area contributed by atoms with Crippen molar-refractivity contribution in [3.63, 3.8) is 0 Å². The highest BCUT2D eigenvalue weighted by atomic mass is 16.2. The van der Waals surface area contributed by atoms with E-state index in [1.54, 1.807) is 6.33 Å². The summed E-state index contributed by atoms with van der Waals surface area (Å²) in [6, 6.07) is 8.90. The first-order valence-electron chi connectivity index (χ1n) is 10.4. The minimum atomic E-state index is -0.0619. The first-order valence-corrected chi connectivity index (χ1v) is 10.4. The van der Waals surface area contributed by atoms with Crippen molar-refractivity contribution >= 4 is 6.03 Å². The molecule has 1 aromatic carbocycles. The third-order valence-electron chi connectivity index (χ3n) is 5.73. The number of likely N-dealkylation sites (tertiary alicyclic amines) is 1. The predicted octanol–water partition coefficient (Wildman–Crippen LogP) is 2.47. The summed E-state index contributed by atoms with van der Waals surface area (Å²) in [6.07, 6.45) is 8.03. The van der Waals surface area contributed by atoms with E-state index >= 15 is 0 Å². The second-order valence-corrected chi connectivity index (χ2v) is 8.07. The molecule has 1 saturated carbocycles. The summed E-state index contributed by atoms with van der Waals surface area (Å²) in [5.41, 5.74) is 2.53. The number of nitrogens with one attached hydrogen (secondary N) is 2. The van der Waals surface area contributed by atoms with Crippen LogP contribution < -0.4 is 10.6 Å². The molecule has 2 aliphatic rings. The number of rotatable bonds is 7. The molecule has 1 saturated heterocycles. The maximum absolute atomic E-state index is 12.1. The van der Waals surface area contributed by atoms with Crippen molar-refractivity contribution in [2.75, 3.05) is 26.7 Å². The van der Waals surface area contributed by atoms with Crippen LogP contribution >= 0.6 is 0 Å². The lowest BCUT2D eigenvalue weighted by Crippen LogP contribution is -2.47. The van der Waals surface area contributed by atoms with Crippen molar-refractivity contribution in [2.45, 2.75) is 50.5 Å². The average molecular weight is 383 g/mol. The van der Waals surface area contributed by atoms with E-state index in [2.05, 4.69) is 61.6 Å². The third kappa shape index (κ3) is 4.90. The van der Waals surface area contributed by atoms with Gasteiger partial charge in [0.25, 0.3) is 0 Å². The van der Waals surface area contributed by atoms with E-state index in [4.69, 9.17) is 0 Å². The Kier molecular flexibility index (Phi) is 5.90. The Bertz CT molecular complexity index is 792. The van der Waals surface area contributed by atoms with Crippen molar-refractivity contribution in [2.24, 2.45) is 0 Å². The van der Waals surface area contributed by atoms with Crippen LogP contribution in [0.25, 0.3) is 5.69 Å². The van der Waals surface area contributed by atoms with Crippen LogP contribution in [0, 0.1) is 0 Å². The van der Waals surface area contributed by atoms with Crippen molar-refractivity contribution < 1.29 is 4.79 Å². The zero-order valence-corrected chi connectivity index (χ0v) is 16.6. The summed E-state index contributed by atoms with van der Waals surface area (Å²) >= 11 is 0. The van der Waals surface area contributed by atoms with Crippen molar-refractivity contribution in [3.8, 4) is 5.69 Å². The van der Waals surface area contributed by atoms with Gasteiger partial charge in [0.1, 0.15) is 12.2 Å². The van der Waals surface area contributed by atoms with Gasteiger partial charge in [0.15, 0.2) is 0 Å². The lowest BCUT2D eigenvalue weighted by molar-refractivity contribution is 0.214. The van der Waals surface area contributed by atoms with E-state index in [1.165, 1.54) is 18.4 Å². The van der Waals surface area contributed by atoms with Crippen LogP contribution in [0.1, 0.15) is 49.4 Å². The SMILES string of the molecule is CN1CCC(NC(=O)NCCCc2nncn2-c2cccc(C3CC3)c2)CC1. The number of hydrogen-bond acceptors (Lipinski definition) is 4. The van der Waals surface area contributed by atoms with E-state index in [-0.39, 0.29) is 12.1 Å². The van der Waals surface area contributed by atoms with Gasteiger partial charge in [-0.05, 0) is 75.9 Å². The Labute approximate surface area is 166 Å². The molecule has 7 heteroatoms. The molecule has 0 atom stereocenters. The van der Waals surface area contributed by atoms with Gasteiger partial charge >= 0.3 is 6.03 Å². The molecule has 7 nitrogen and oxygen atoms in total. The Morgan fingerprint density at radius 1 is 1.21 bits per heavy atom. The van der Waals surface area contributed by atoms with Crippen LogP contribution in [0.2, 0.25) is 0 Å². The standard InChI is InChI=1S/C21H30N6O/c1-26-12-9-18(10-13-26)24-21(28)22-11-3-6-20-25-23-15-27(20)19-5-2-4-17(14-19)16-7-8-16/h2,4-5,14-16,18H,3,6-13H2,1H3,(H2,22,24,28). The van der Waals surface area contributed by atoms with Gasteiger partial charge in [-0.25, -0.2) is 4.79 Å². The minimum absolute atomic E-state index is 0.0619. The molecule has 150 valence electrons. The van der Waals surface area contributed by atoms with Gasteiger partial charge in [0, 0.05) is 24.7 Å². The molecular formula is C21H30N6O. The van der Waals surface area contributed by atoms with Gasteiger partial charge < -0.3 is 15.5 Å². The summed E-state index contributed by atoms with van der Waals surface area (Å²) < 4.78 is 2.06. The maximum Gasteiger partial charge on any atom is 0.315 e. The van der Waals surface area contributed by atoms with E-state index in [1.807, 2.05) is 0 Å². The number of amides is 2. The molecule has 2 heterocycles. The Morgan fingerprint density at radius 3 is 2.82 bits per heavy atom. The smallest absolute Gasteiger partial charge is 0.315 e. The summed E-state index contributed by atoms with van der Waals surface area (Å²) in [4.78, 5) is 14.4. The van der Waals surface area contributed by atoms with Gasteiger partial charge in [-0.2, -0.15) is 0 Å². The summed E-state index contributed by atoms with van der Waals surface area (Å²) in [7, 11) is 2.12. The maximum atomic E-state index is 12.1. The van der Waals surface area contributed by atoms with E-state index in [0.717, 1.165) is 56.2 Å². The van der Waals surface area contributed by atoms with Crippen LogP contribution in [0.3, 0.4) is 0 Å². The number of benzene rings is 1. The Balaban J connectivity index is 1.23. The van der Waals surface area contributed by atoms with Gasteiger partial charge in [-0.15, -0.1) is 10.2 Å². The van der Waals surface area contributed by atoms with Crippen LogP contribution in [0.15, 0.2) is 30.6 Å². The molecular weight excluding hydrogens is 352 g/mol. The summed E-state index contributed by atoms with van der Waals surface area (Å²) in [5.74, 6) is 1.66. The molecule has 0 unspecified atom stereocenters. The highest BCUT2D eigenvalue weighted by molar-refractivity contribution is 5.74. The lowest BCUT2D eigenvalue weighted by Gasteiger charge is -2.29. The van der Waals surface area contributed by atoms with E-state index in [0.29, 0.717) is 6.54 Å². The van der Waals surface area contributed by atoms with Gasteiger partial charge in [-0.1, -0.05) is 12.1 Å². The molecule has 0 bridgehead atoms. The minimum Gasteiger partial charge on any atom is -0.338 e. The Morgan fingerprint density at radius 2 is 2.04 bits per heavy atom. The van der Waals surface area contributed by atoms with Gasteiger partial charge in [0.05, 0.1) is 0 Å². The normalized spacial score (nSPS) is 18.2. The van der Waals surface area contributed by atoms with Crippen molar-refractivity contribution in [1.29, 1.82) is 0 Å². The third-order valence-corrected chi connectivity index (χ3v) is 5.73. The number of urea groups is 1. The molecule has 2 fully saturated rings. The molecule has 1 aliphatic heterocycles. The van der Waals surface area contributed by atoms with E-state index < -0.39 is 0 Å². The molecule has 1 aromatic heterocycles. The van der Waals surface area contributed by atoms with Gasteiger partial charge in [0.2, 0.25) is 0 Å². The highest BCUT2D eigenvalue weighted by Gasteiger charge is 2.23. The first kappa shape index (κ1) is 18.9. The number of carbonyl (C=O) groups is 1. The molecule has 2 N–H and O–H groups in total. The zero-order valence-electron chi connectivity index (χ0n) is 16.6. The number of carbonyl (C=O) groups excluding carboxylic acids is 1. The predicted molar refractivity (Wildman–Crippen MR) is 109 cm³/mol. The largest absolute Gasteiger partial charge is 0.338 e. The van der Waals surface area contributed by atoms with Crippen LogP contribution in [0.5, 0.6) is 0 Å². The number of aromatic nitrogens is 3. The summed E-state index contributed by atoms with van der Waals surface area (Å²) in [5, 5.41) is 14.4. The highest BCUT2D eigenvalue weighted by Crippen LogP contribution is 2.40. The average Bonchev–Trinajstić information content (AvgIpc) is 3.45. The second-order valence-electron chi connectivity index (χ2n) is 8.07. The first-order chi connectivity index (χ1) is 13.7. The lowest BCUT2D eigenvalue weighted by atomic mass is 10.1. The number of piperidine rings is 1. The van der Waals surface area contributed by atoms with Crippen molar-refractivity contribution in [3.05, 3.63) is 42.0 Å². The van der Waals surface area contributed by atoms with Crippen LogP contribution in [-0.2, 0) is 6.42 Å². The fourth-order valence-electron chi connectivity index (χ4n) is 3.83. The second kappa shape index (κ2) is 8.73. The number of hydrogen-bond donors (Lipinski definition) is 2. The molecule has 4 rings (SSSR count). The molecule has 1 aliphatic carbocycles. The van der Waals surface area contributed by atoms with Gasteiger partial charge in [-0.3, -0.25) is 4.57 Å². The van der Waals surface area contributed by atoms with Crippen molar-refractivity contribution in [1.82, 2.24) is 30.3 Å². The molecule has 0 radical (unpaired) electrons. The number of nitrogens with zero attached hydrogens (tertiary/aromatic N) is 4. The zero-order chi connectivity index (χ0) is 19.3. The summed E-state index contributed by atoms with van der Waals surface area (Å²) in [6.45, 7) is 2.72. The number of aryl methyl sites for hydroxylation is 1. The fraction of sp³-hybridized carbons (Fsp3) is 0.571. The van der Waals surface area contributed by atoms with Crippen LogP contribution in [-0.4, -0.2) is 58.4 Å².